The molecule has 0 saturated carbocycles. The quantitative estimate of drug-likeness (QED) is 0.611. The second kappa shape index (κ2) is 6.08. The number of hydrogen-bond acceptors (Lipinski definition) is 3. The summed E-state index contributed by atoms with van der Waals surface area (Å²) in [5.74, 6) is -0.0306. The molecule has 0 radical (unpaired) electrons. The predicted molar refractivity (Wildman–Crippen MR) is 61.7 cm³/mol. The first-order valence-electron chi connectivity index (χ1n) is 5.54. The van der Waals surface area contributed by atoms with Crippen LogP contribution in [0.5, 0.6) is 0 Å². The van der Waals surface area contributed by atoms with Crippen LogP contribution in [-0.4, -0.2) is 35.2 Å². The molecule has 0 fully saturated rings. The van der Waals surface area contributed by atoms with E-state index in [1.54, 1.807) is 13.8 Å². The van der Waals surface area contributed by atoms with Gasteiger partial charge >= 0.3 is 0 Å². The lowest BCUT2D eigenvalue weighted by atomic mass is 10.0. The normalized spacial score (nSPS) is 17.3. The Hall–Kier alpha value is -0.610. The van der Waals surface area contributed by atoms with Crippen molar-refractivity contribution in [2.24, 2.45) is 0 Å². The Morgan fingerprint density at radius 3 is 2.33 bits per heavy atom. The van der Waals surface area contributed by atoms with Crippen molar-refractivity contribution in [2.75, 3.05) is 6.54 Å². The molecule has 0 aromatic rings. The molecule has 4 heteroatoms. The first kappa shape index (κ1) is 14.4. The molecular formula is C11H24N2O2. The maximum absolute atomic E-state index is 11.5. The summed E-state index contributed by atoms with van der Waals surface area (Å²) in [6, 6.07) is -0.126. The van der Waals surface area contributed by atoms with Gasteiger partial charge in [0.2, 0.25) is 5.91 Å². The molecule has 0 spiro atoms. The molecule has 2 atom stereocenters. The Balaban J connectivity index is 3.93. The molecule has 90 valence electrons. The Kier molecular flexibility index (Phi) is 5.83. The van der Waals surface area contributed by atoms with E-state index in [0.717, 1.165) is 0 Å². The van der Waals surface area contributed by atoms with E-state index >= 15 is 0 Å². The molecule has 15 heavy (non-hydrogen) atoms. The van der Waals surface area contributed by atoms with Crippen molar-refractivity contribution >= 4 is 5.91 Å². The largest absolute Gasteiger partial charge is 0.389 e. The Morgan fingerprint density at radius 1 is 1.40 bits per heavy atom. The van der Waals surface area contributed by atoms with Gasteiger partial charge in [0.15, 0.2) is 0 Å². The van der Waals surface area contributed by atoms with Gasteiger partial charge < -0.3 is 15.7 Å². The molecule has 4 nitrogen and oxygen atoms in total. The van der Waals surface area contributed by atoms with Gasteiger partial charge in [-0.1, -0.05) is 6.92 Å². The maximum atomic E-state index is 11.5. The van der Waals surface area contributed by atoms with Gasteiger partial charge in [-0.05, 0) is 34.1 Å². The topological polar surface area (TPSA) is 61.4 Å². The summed E-state index contributed by atoms with van der Waals surface area (Å²) >= 11 is 0. The molecule has 0 aliphatic rings. The summed E-state index contributed by atoms with van der Waals surface area (Å²) in [6.45, 7) is 9.74. The smallest absolute Gasteiger partial charge is 0.237 e. The van der Waals surface area contributed by atoms with Gasteiger partial charge in [0.25, 0.3) is 0 Å². The SMILES string of the molecule is CCC(C)(O)CNC(C)C(=O)NC(C)C. The van der Waals surface area contributed by atoms with E-state index in [0.29, 0.717) is 13.0 Å². The van der Waals surface area contributed by atoms with Crippen molar-refractivity contribution in [2.45, 2.75) is 58.7 Å². The van der Waals surface area contributed by atoms with Crippen LogP contribution in [0.4, 0.5) is 0 Å². The number of amides is 1. The highest BCUT2D eigenvalue weighted by molar-refractivity contribution is 5.81. The zero-order chi connectivity index (χ0) is 12.1. The van der Waals surface area contributed by atoms with Crippen LogP contribution in [0.1, 0.15) is 41.0 Å². The Labute approximate surface area is 92.4 Å². The van der Waals surface area contributed by atoms with E-state index in [9.17, 15) is 9.90 Å². The minimum absolute atomic E-state index is 0.0306. The van der Waals surface area contributed by atoms with Crippen LogP contribution in [0.3, 0.4) is 0 Å². The third-order valence-corrected chi connectivity index (χ3v) is 2.37. The standard InChI is InChI=1S/C11H24N2O2/c1-6-11(5,15)7-12-9(4)10(14)13-8(2)3/h8-9,12,15H,6-7H2,1-5H3,(H,13,14). The lowest BCUT2D eigenvalue weighted by Gasteiger charge is -2.24. The zero-order valence-corrected chi connectivity index (χ0v) is 10.4. The summed E-state index contributed by atoms with van der Waals surface area (Å²) in [5.41, 5.74) is -0.744. The third kappa shape index (κ3) is 6.47. The van der Waals surface area contributed by atoms with Crippen molar-refractivity contribution in [1.82, 2.24) is 10.6 Å². The van der Waals surface area contributed by atoms with Crippen LogP contribution in [0.15, 0.2) is 0 Å². The molecule has 3 N–H and O–H groups in total. The highest BCUT2D eigenvalue weighted by Gasteiger charge is 2.20. The fraction of sp³-hybridized carbons (Fsp3) is 0.909. The van der Waals surface area contributed by atoms with Gasteiger partial charge in [-0.3, -0.25) is 4.79 Å². The Morgan fingerprint density at radius 2 is 1.93 bits per heavy atom. The lowest BCUT2D eigenvalue weighted by molar-refractivity contribution is -0.123. The molecule has 0 heterocycles. The van der Waals surface area contributed by atoms with Crippen molar-refractivity contribution < 1.29 is 9.90 Å². The fourth-order valence-electron chi connectivity index (χ4n) is 1.00. The molecule has 1 amide bonds. The molecule has 0 aliphatic heterocycles. The predicted octanol–water partition coefficient (Wildman–Crippen LogP) is 0.650. The molecule has 0 saturated heterocycles. The molecule has 0 rings (SSSR count). The van der Waals surface area contributed by atoms with E-state index in [-0.39, 0.29) is 18.0 Å². The molecule has 2 unspecified atom stereocenters. The number of nitrogens with one attached hydrogen (secondary N) is 2. The second-order valence-corrected chi connectivity index (χ2v) is 4.62. The highest BCUT2D eigenvalue weighted by atomic mass is 16.3. The van der Waals surface area contributed by atoms with Crippen LogP contribution in [-0.2, 0) is 4.79 Å². The van der Waals surface area contributed by atoms with Crippen LogP contribution in [0, 0.1) is 0 Å². The van der Waals surface area contributed by atoms with Crippen molar-refractivity contribution in [3.05, 3.63) is 0 Å². The maximum Gasteiger partial charge on any atom is 0.237 e. The zero-order valence-electron chi connectivity index (χ0n) is 10.4. The summed E-state index contributed by atoms with van der Waals surface area (Å²) < 4.78 is 0. The molecule has 0 bridgehead atoms. The highest BCUT2D eigenvalue weighted by Crippen LogP contribution is 2.06. The van der Waals surface area contributed by atoms with Gasteiger partial charge in [-0.2, -0.15) is 0 Å². The van der Waals surface area contributed by atoms with Crippen molar-refractivity contribution in [3.63, 3.8) is 0 Å². The van der Waals surface area contributed by atoms with Gasteiger partial charge in [-0.15, -0.1) is 0 Å². The van der Waals surface area contributed by atoms with E-state index in [1.165, 1.54) is 0 Å². The Bertz CT molecular complexity index is 203. The average molecular weight is 216 g/mol. The number of hydrogen-bond donors (Lipinski definition) is 3. The first-order valence-corrected chi connectivity index (χ1v) is 5.54. The number of carbonyl (C=O) groups excluding carboxylic acids is 1. The third-order valence-electron chi connectivity index (χ3n) is 2.37. The summed E-state index contributed by atoms with van der Waals surface area (Å²) in [6.07, 6.45) is 0.665. The van der Waals surface area contributed by atoms with E-state index in [4.69, 9.17) is 0 Å². The summed E-state index contributed by atoms with van der Waals surface area (Å²) in [5, 5.41) is 15.6. The van der Waals surface area contributed by atoms with Gasteiger partial charge in [0.05, 0.1) is 11.6 Å². The van der Waals surface area contributed by atoms with Crippen molar-refractivity contribution in [1.29, 1.82) is 0 Å². The minimum atomic E-state index is -0.744. The fourth-order valence-corrected chi connectivity index (χ4v) is 1.00. The number of aliphatic hydroxyl groups is 1. The van der Waals surface area contributed by atoms with Crippen molar-refractivity contribution in [3.8, 4) is 0 Å². The van der Waals surface area contributed by atoms with Crippen LogP contribution < -0.4 is 10.6 Å². The number of rotatable bonds is 6. The molecule has 0 aromatic heterocycles. The summed E-state index contributed by atoms with van der Waals surface area (Å²) in [7, 11) is 0. The summed E-state index contributed by atoms with van der Waals surface area (Å²) in [4.78, 5) is 11.5. The van der Waals surface area contributed by atoms with Crippen LogP contribution in [0.25, 0.3) is 0 Å². The lowest BCUT2D eigenvalue weighted by Crippen LogP contribution is -2.49. The first-order chi connectivity index (χ1) is 6.78. The van der Waals surface area contributed by atoms with Gasteiger partial charge in [-0.25, -0.2) is 0 Å². The minimum Gasteiger partial charge on any atom is -0.389 e. The molecule has 0 aliphatic carbocycles. The second-order valence-electron chi connectivity index (χ2n) is 4.62. The monoisotopic (exact) mass is 216 g/mol. The van der Waals surface area contributed by atoms with E-state index < -0.39 is 5.60 Å². The van der Waals surface area contributed by atoms with Gasteiger partial charge in [0, 0.05) is 12.6 Å². The average Bonchev–Trinajstić information content (AvgIpc) is 2.13. The van der Waals surface area contributed by atoms with E-state index in [1.807, 2.05) is 20.8 Å². The van der Waals surface area contributed by atoms with E-state index in [2.05, 4.69) is 10.6 Å². The molecular weight excluding hydrogens is 192 g/mol. The molecule has 0 aromatic carbocycles. The number of carbonyl (C=O) groups is 1. The van der Waals surface area contributed by atoms with Gasteiger partial charge in [0.1, 0.15) is 0 Å². The van der Waals surface area contributed by atoms with Crippen LogP contribution >= 0.6 is 0 Å². The van der Waals surface area contributed by atoms with Crippen LogP contribution in [0.2, 0.25) is 0 Å².